The molecule has 0 aliphatic rings. The second-order valence-corrected chi connectivity index (χ2v) is 4.47. The van der Waals surface area contributed by atoms with Crippen LogP contribution >= 0.6 is 11.3 Å². The molecule has 4 nitrogen and oxygen atoms in total. The van der Waals surface area contributed by atoms with Crippen molar-refractivity contribution in [1.82, 2.24) is 15.2 Å². The molecule has 0 saturated heterocycles. The summed E-state index contributed by atoms with van der Waals surface area (Å²) in [5, 5.41) is 13.0. The van der Waals surface area contributed by atoms with Gasteiger partial charge >= 0.3 is 0 Å². The Kier molecular flexibility index (Phi) is 2.91. The SMILES string of the molecule is Cc1ccc(CNc2nnc(C)s2)cn1. The number of nitrogens with zero attached hydrogens (tertiary/aromatic N) is 3. The molecule has 1 N–H and O–H groups in total. The van der Waals surface area contributed by atoms with Gasteiger partial charge in [0.05, 0.1) is 0 Å². The maximum absolute atomic E-state index is 4.22. The Labute approximate surface area is 92.4 Å². The van der Waals surface area contributed by atoms with E-state index in [1.807, 2.05) is 26.1 Å². The lowest BCUT2D eigenvalue weighted by Gasteiger charge is -2.01. The number of aryl methyl sites for hydroxylation is 2. The summed E-state index contributed by atoms with van der Waals surface area (Å²) >= 11 is 1.56. The summed E-state index contributed by atoms with van der Waals surface area (Å²) in [4.78, 5) is 4.22. The predicted molar refractivity (Wildman–Crippen MR) is 60.9 cm³/mol. The van der Waals surface area contributed by atoms with Crippen LogP contribution < -0.4 is 5.32 Å². The lowest BCUT2D eigenvalue weighted by molar-refractivity contribution is 1.02. The van der Waals surface area contributed by atoms with Crippen LogP contribution in [0, 0.1) is 13.8 Å². The van der Waals surface area contributed by atoms with Crippen molar-refractivity contribution in [1.29, 1.82) is 0 Å². The van der Waals surface area contributed by atoms with Crippen LogP contribution in [-0.2, 0) is 6.54 Å². The largest absolute Gasteiger partial charge is 0.356 e. The third-order valence-electron chi connectivity index (χ3n) is 1.94. The van der Waals surface area contributed by atoms with Gasteiger partial charge in [-0.05, 0) is 25.5 Å². The third-order valence-corrected chi connectivity index (χ3v) is 2.74. The minimum absolute atomic E-state index is 0.738. The molecule has 78 valence electrons. The molecule has 2 heterocycles. The van der Waals surface area contributed by atoms with Gasteiger partial charge in [-0.3, -0.25) is 4.98 Å². The van der Waals surface area contributed by atoms with E-state index in [4.69, 9.17) is 0 Å². The van der Waals surface area contributed by atoms with Crippen molar-refractivity contribution < 1.29 is 0 Å². The number of rotatable bonds is 3. The summed E-state index contributed by atoms with van der Waals surface area (Å²) < 4.78 is 0. The van der Waals surface area contributed by atoms with Crippen molar-refractivity contribution in [3.8, 4) is 0 Å². The van der Waals surface area contributed by atoms with Crippen LogP contribution in [0.1, 0.15) is 16.3 Å². The molecule has 2 aromatic heterocycles. The van der Waals surface area contributed by atoms with E-state index in [1.54, 1.807) is 11.3 Å². The van der Waals surface area contributed by atoms with Crippen LogP contribution in [0.2, 0.25) is 0 Å². The highest BCUT2D eigenvalue weighted by atomic mass is 32.1. The maximum atomic E-state index is 4.22. The first-order valence-corrected chi connectivity index (χ1v) is 5.51. The zero-order valence-electron chi connectivity index (χ0n) is 8.69. The Morgan fingerprint density at radius 1 is 1.27 bits per heavy atom. The van der Waals surface area contributed by atoms with Gasteiger partial charge in [0.25, 0.3) is 0 Å². The zero-order valence-corrected chi connectivity index (χ0v) is 9.51. The molecule has 0 saturated carbocycles. The average Bonchev–Trinajstić information content (AvgIpc) is 2.64. The van der Waals surface area contributed by atoms with Crippen molar-refractivity contribution in [2.75, 3.05) is 5.32 Å². The van der Waals surface area contributed by atoms with E-state index < -0.39 is 0 Å². The topological polar surface area (TPSA) is 50.7 Å². The van der Waals surface area contributed by atoms with Crippen molar-refractivity contribution >= 4 is 16.5 Å². The van der Waals surface area contributed by atoms with Gasteiger partial charge < -0.3 is 5.32 Å². The van der Waals surface area contributed by atoms with Crippen LogP contribution in [0.4, 0.5) is 5.13 Å². The fourth-order valence-electron chi connectivity index (χ4n) is 1.15. The molecular formula is C10H12N4S. The highest BCUT2D eigenvalue weighted by molar-refractivity contribution is 7.15. The Balaban J connectivity index is 1.96. The normalized spacial score (nSPS) is 10.3. The van der Waals surface area contributed by atoms with Gasteiger partial charge in [0.15, 0.2) is 0 Å². The number of anilines is 1. The van der Waals surface area contributed by atoms with Crippen molar-refractivity contribution in [2.45, 2.75) is 20.4 Å². The van der Waals surface area contributed by atoms with Gasteiger partial charge in [-0.15, -0.1) is 10.2 Å². The smallest absolute Gasteiger partial charge is 0.205 e. The first-order chi connectivity index (χ1) is 7.24. The fraction of sp³-hybridized carbons (Fsp3) is 0.300. The minimum Gasteiger partial charge on any atom is -0.356 e. The van der Waals surface area contributed by atoms with Crippen molar-refractivity contribution in [2.24, 2.45) is 0 Å². The molecule has 0 spiro atoms. The van der Waals surface area contributed by atoms with Crippen LogP contribution in [0.3, 0.4) is 0 Å². The number of hydrogen-bond acceptors (Lipinski definition) is 5. The molecule has 0 aliphatic heterocycles. The van der Waals surface area contributed by atoms with E-state index in [2.05, 4.69) is 26.6 Å². The lowest BCUT2D eigenvalue weighted by Crippen LogP contribution is -1.99. The first kappa shape index (κ1) is 10.0. The molecule has 2 rings (SSSR count). The Bertz CT molecular complexity index is 435. The fourth-order valence-corrected chi connectivity index (χ4v) is 1.74. The molecule has 0 bridgehead atoms. The Morgan fingerprint density at radius 2 is 2.13 bits per heavy atom. The Morgan fingerprint density at radius 3 is 2.73 bits per heavy atom. The second-order valence-electron chi connectivity index (χ2n) is 3.29. The number of aromatic nitrogens is 3. The minimum atomic E-state index is 0.738. The molecule has 0 radical (unpaired) electrons. The van der Waals surface area contributed by atoms with Crippen LogP contribution in [0.25, 0.3) is 0 Å². The van der Waals surface area contributed by atoms with E-state index in [1.165, 1.54) is 0 Å². The molecule has 0 amide bonds. The van der Waals surface area contributed by atoms with Gasteiger partial charge in [-0.1, -0.05) is 17.4 Å². The first-order valence-electron chi connectivity index (χ1n) is 4.69. The highest BCUT2D eigenvalue weighted by Gasteiger charge is 1.99. The second kappa shape index (κ2) is 4.35. The standard InChI is InChI=1S/C10H12N4S/c1-7-3-4-9(5-11-7)6-12-10-14-13-8(2)15-10/h3-5H,6H2,1-2H3,(H,12,14). The molecule has 0 aliphatic carbocycles. The molecule has 0 fully saturated rings. The van der Waals surface area contributed by atoms with Gasteiger partial charge in [0.1, 0.15) is 5.01 Å². The molecule has 15 heavy (non-hydrogen) atoms. The molecule has 0 aromatic carbocycles. The van der Waals surface area contributed by atoms with E-state index in [-0.39, 0.29) is 0 Å². The summed E-state index contributed by atoms with van der Waals surface area (Å²) in [5.41, 5.74) is 2.18. The third kappa shape index (κ3) is 2.73. The predicted octanol–water partition coefficient (Wildman–Crippen LogP) is 2.16. The number of hydrogen-bond donors (Lipinski definition) is 1. The number of nitrogens with one attached hydrogen (secondary N) is 1. The van der Waals surface area contributed by atoms with Crippen LogP contribution in [0.5, 0.6) is 0 Å². The van der Waals surface area contributed by atoms with Gasteiger partial charge in [-0.2, -0.15) is 0 Å². The molecule has 0 atom stereocenters. The quantitative estimate of drug-likeness (QED) is 0.861. The van der Waals surface area contributed by atoms with Crippen molar-refractivity contribution in [3.63, 3.8) is 0 Å². The van der Waals surface area contributed by atoms with Gasteiger partial charge in [-0.25, -0.2) is 0 Å². The average molecular weight is 220 g/mol. The van der Waals surface area contributed by atoms with E-state index >= 15 is 0 Å². The van der Waals surface area contributed by atoms with Crippen LogP contribution in [-0.4, -0.2) is 15.2 Å². The Hall–Kier alpha value is -1.49. The van der Waals surface area contributed by atoms with Gasteiger partial charge in [0, 0.05) is 18.4 Å². The van der Waals surface area contributed by atoms with E-state index in [0.717, 1.165) is 27.9 Å². The zero-order chi connectivity index (χ0) is 10.7. The summed E-state index contributed by atoms with van der Waals surface area (Å²) in [6.45, 7) is 4.66. The van der Waals surface area contributed by atoms with Gasteiger partial charge in [0.2, 0.25) is 5.13 Å². The maximum Gasteiger partial charge on any atom is 0.205 e. The lowest BCUT2D eigenvalue weighted by atomic mass is 10.2. The van der Waals surface area contributed by atoms with Crippen molar-refractivity contribution in [3.05, 3.63) is 34.6 Å². The molecular weight excluding hydrogens is 208 g/mol. The summed E-state index contributed by atoms with van der Waals surface area (Å²) in [6, 6.07) is 4.06. The van der Waals surface area contributed by atoms with E-state index in [0.29, 0.717) is 0 Å². The molecule has 5 heteroatoms. The van der Waals surface area contributed by atoms with Crippen LogP contribution in [0.15, 0.2) is 18.3 Å². The summed E-state index contributed by atoms with van der Waals surface area (Å²) in [6.07, 6.45) is 1.87. The summed E-state index contributed by atoms with van der Waals surface area (Å²) in [5.74, 6) is 0. The van der Waals surface area contributed by atoms with E-state index in [9.17, 15) is 0 Å². The summed E-state index contributed by atoms with van der Waals surface area (Å²) in [7, 11) is 0. The number of pyridine rings is 1. The monoisotopic (exact) mass is 220 g/mol. The molecule has 0 unspecified atom stereocenters. The highest BCUT2D eigenvalue weighted by Crippen LogP contribution is 2.14. The molecule has 2 aromatic rings.